The van der Waals surface area contributed by atoms with Gasteiger partial charge in [0.1, 0.15) is 23.0 Å². The highest BCUT2D eigenvalue weighted by Gasteiger charge is 2.27. The highest BCUT2D eigenvalue weighted by molar-refractivity contribution is 6.11. The minimum Gasteiger partial charge on any atom is -0.507 e. The first-order valence-corrected chi connectivity index (χ1v) is 19.5. The molecule has 7 rings (SSSR count). The molecular weight excluding hydrogens is 725 g/mol. The monoisotopic (exact) mass is 774 g/mol. The van der Waals surface area contributed by atoms with E-state index in [1.54, 1.807) is 24.3 Å². The van der Waals surface area contributed by atoms with Crippen molar-refractivity contribution >= 4 is 44.7 Å². The van der Waals surface area contributed by atoms with Gasteiger partial charge in [-0.2, -0.15) is 0 Å². The maximum Gasteiger partial charge on any atom is 0.259 e. The van der Waals surface area contributed by atoms with E-state index in [1.807, 2.05) is 102 Å². The van der Waals surface area contributed by atoms with Gasteiger partial charge in [-0.05, 0) is 93.5 Å². The molecule has 8 heteroatoms. The van der Waals surface area contributed by atoms with E-state index in [2.05, 4.69) is 23.8 Å². The number of phenolic OH excluding ortho intramolecular Hbond substituents is 4. The molecule has 1 aliphatic rings. The van der Waals surface area contributed by atoms with Crippen molar-refractivity contribution in [2.24, 2.45) is 0 Å². The number of nitrogens with one attached hydrogen (secondary N) is 2. The first-order chi connectivity index (χ1) is 27.3. The van der Waals surface area contributed by atoms with Gasteiger partial charge in [-0.1, -0.05) is 127 Å². The molecule has 0 spiro atoms. The summed E-state index contributed by atoms with van der Waals surface area (Å²) in [5, 5.41) is 55.9. The Kier molecular flexibility index (Phi) is 10.1. The maximum absolute atomic E-state index is 14.2. The van der Waals surface area contributed by atoms with Gasteiger partial charge in [-0.3, -0.25) is 9.59 Å². The Bertz CT molecular complexity index is 2530. The standard InChI is InChI=1S/C50H50N2O6/c1-27-17-31-21-33(49(3,4)5)25-41(43(31)53)51-47(57)39-23-29-13-9-11-15-35(29)37(45(39)55)19-28(2)20-38-36-16-12-10-14-30(36)24-40(46(38)56)48(58)52-42-26-34(50(6,7)8)22-32(18-27)44(42)54/h9-16,21-26,53-56H,1-2,17-20H2,3-8H3,(H,51,57)(H,52,58). The van der Waals surface area contributed by atoms with Crippen LogP contribution in [0.2, 0.25) is 0 Å². The van der Waals surface area contributed by atoms with Crippen LogP contribution in [0.25, 0.3) is 21.5 Å². The molecular formula is C50H50N2O6. The first-order valence-electron chi connectivity index (χ1n) is 19.5. The number of allylic oxidation sites excluding steroid dienone is 2. The van der Waals surface area contributed by atoms with Crippen LogP contribution in [0.15, 0.2) is 109 Å². The fourth-order valence-electron chi connectivity index (χ4n) is 7.79. The fraction of sp³-hybridized carbons (Fsp3) is 0.240. The Labute approximate surface area is 339 Å². The summed E-state index contributed by atoms with van der Waals surface area (Å²) >= 11 is 0. The molecule has 1 aliphatic heterocycles. The van der Waals surface area contributed by atoms with Gasteiger partial charge in [0.15, 0.2) is 0 Å². The lowest BCUT2D eigenvalue weighted by Gasteiger charge is -2.24. The Hall–Kier alpha value is -6.54. The smallest absolute Gasteiger partial charge is 0.259 e. The minimum atomic E-state index is -0.609. The molecule has 0 fully saturated rings. The molecule has 8 nitrogen and oxygen atoms in total. The van der Waals surface area contributed by atoms with Crippen molar-refractivity contribution in [3.05, 3.63) is 154 Å². The lowest BCUT2D eigenvalue weighted by molar-refractivity contribution is 0.101. The Morgan fingerprint density at radius 3 is 1.24 bits per heavy atom. The summed E-state index contributed by atoms with van der Waals surface area (Å²) < 4.78 is 0. The third kappa shape index (κ3) is 7.62. The number of phenols is 4. The molecule has 6 N–H and O–H groups in total. The van der Waals surface area contributed by atoms with Crippen molar-refractivity contribution in [3.63, 3.8) is 0 Å². The molecule has 0 saturated carbocycles. The summed E-state index contributed by atoms with van der Waals surface area (Å²) in [7, 11) is 0. The average Bonchev–Trinajstić information content (AvgIpc) is 3.15. The fourth-order valence-corrected chi connectivity index (χ4v) is 7.79. The van der Waals surface area contributed by atoms with Gasteiger partial charge in [0.25, 0.3) is 11.8 Å². The number of hydrogen-bond donors (Lipinski definition) is 6. The Morgan fingerprint density at radius 1 is 0.500 bits per heavy atom. The summed E-state index contributed by atoms with van der Waals surface area (Å²) in [4.78, 5) is 28.4. The number of fused-ring (bicyclic) bond motifs is 12. The molecule has 0 aromatic heterocycles. The number of carbonyl (C=O) groups excluding carboxylic acids is 2. The van der Waals surface area contributed by atoms with E-state index in [9.17, 15) is 30.0 Å². The summed E-state index contributed by atoms with van der Waals surface area (Å²) in [6.07, 6.45) is 0.706. The molecule has 6 aromatic rings. The lowest BCUT2D eigenvalue weighted by atomic mass is 9.83. The SMILES string of the molecule is C=C1Cc2cc(C(C)(C)C)cc(c2O)NC(=O)c2cc3ccccc3c(c2O)CC(=C)Cc2c(O)c(cc3ccccc23)C(=O)Nc2cc(C(C)(C)C)cc(c2O)C1. The Morgan fingerprint density at radius 2 is 0.862 bits per heavy atom. The van der Waals surface area contributed by atoms with Gasteiger partial charge in [0.05, 0.1) is 22.5 Å². The maximum atomic E-state index is 14.2. The van der Waals surface area contributed by atoms with Crippen molar-refractivity contribution < 1.29 is 30.0 Å². The number of aromatic hydroxyl groups is 4. The molecule has 1 heterocycles. The van der Waals surface area contributed by atoms with E-state index in [0.717, 1.165) is 32.7 Å². The molecule has 8 bridgehead atoms. The lowest BCUT2D eigenvalue weighted by Crippen LogP contribution is -2.17. The van der Waals surface area contributed by atoms with Crippen LogP contribution in [0, 0.1) is 0 Å². The van der Waals surface area contributed by atoms with Crippen LogP contribution in [0.3, 0.4) is 0 Å². The van der Waals surface area contributed by atoms with E-state index >= 15 is 0 Å². The van der Waals surface area contributed by atoms with Gasteiger partial charge in [-0.25, -0.2) is 0 Å². The first kappa shape index (κ1) is 39.7. The van der Waals surface area contributed by atoms with Crippen molar-refractivity contribution in [1.29, 1.82) is 0 Å². The molecule has 0 radical (unpaired) electrons. The molecule has 0 unspecified atom stereocenters. The molecule has 296 valence electrons. The third-order valence-electron chi connectivity index (χ3n) is 11.1. The molecule has 0 aliphatic carbocycles. The van der Waals surface area contributed by atoms with E-state index in [4.69, 9.17) is 0 Å². The van der Waals surface area contributed by atoms with Crippen molar-refractivity contribution in [3.8, 4) is 23.0 Å². The van der Waals surface area contributed by atoms with Crippen LogP contribution in [-0.2, 0) is 36.5 Å². The second kappa shape index (κ2) is 14.8. The highest BCUT2D eigenvalue weighted by Crippen LogP contribution is 2.42. The zero-order valence-electron chi connectivity index (χ0n) is 33.9. The molecule has 6 aromatic carbocycles. The zero-order valence-corrected chi connectivity index (χ0v) is 33.9. The molecule has 0 saturated heterocycles. The number of rotatable bonds is 0. The predicted octanol–water partition coefficient (Wildman–Crippen LogP) is 10.9. The molecule has 0 atom stereocenters. The third-order valence-corrected chi connectivity index (χ3v) is 11.1. The quantitative estimate of drug-likeness (QED) is 0.0671. The van der Waals surface area contributed by atoms with Crippen LogP contribution < -0.4 is 10.6 Å². The number of benzene rings is 6. The summed E-state index contributed by atoms with van der Waals surface area (Å²) in [6.45, 7) is 20.9. The summed E-state index contributed by atoms with van der Waals surface area (Å²) in [6, 6.07) is 25.4. The summed E-state index contributed by atoms with van der Waals surface area (Å²) in [5.41, 5.74) is 4.68. The van der Waals surface area contributed by atoms with Crippen LogP contribution in [0.1, 0.15) is 95.6 Å². The van der Waals surface area contributed by atoms with Crippen LogP contribution in [0.5, 0.6) is 23.0 Å². The second-order valence-electron chi connectivity index (χ2n) is 17.6. The van der Waals surface area contributed by atoms with Crippen molar-refractivity contribution in [2.45, 2.75) is 78.1 Å². The normalized spacial score (nSPS) is 14.4. The van der Waals surface area contributed by atoms with E-state index in [1.165, 1.54) is 0 Å². The predicted molar refractivity (Wildman–Crippen MR) is 234 cm³/mol. The van der Waals surface area contributed by atoms with Gasteiger partial charge in [-0.15, -0.1) is 0 Å². The topological polar surface area (TPSA) is 139 Å². The number of hydrogen-bond acceptors (Lipinski definition) is 6. The Balaban J connectivity index is 1.44. The van der Waals surface area contributed by atoms with Crippen LogP contribution in [-0.4, -0.2) is 32.2 Å². The average molecular weight is 775 g/mol. The van der Waals surface area contributed by atoms with Crippen LogP contribution in [0.4, 0.5) is 11.4 Å². The van der Waals surface area contributed by atoms with Gasteiger partial charge in [0, 0.05) is 22.3 Å². The van der Waals surface area contributed by atoms with Gasteiger partial charge < -0.3 is 31.1 Å². The second-order valence-corrected chi connectivity index (χ2v) is 17.6. The number of carbonyl (C=O) groups is 2. The van der Waals surface area contributed by atoms with E-state index < -0.39 is 11.8 Å². The van der Waals surface area contributed by atoms with Crippen molar-refractivity contribution in [2.75, 3.05) is 10.6 Å². The largest absolute Gasteiger partial charge is 0.507 e. The zero-order chi connectivity index (χ0) is 41.8. The number of amides is 2. The minimum absolute atomic E-state index is 0.0205. The van der Waals surface area contributed by atoms with Crippen LogP contribution >= 0.6 is 0 Å². The van der Waals surface area contributed by atoms with E-state index in [-0.39, 0.29) is 82.0 Å². The van der Waals surface area contributed by atoms with Crippen molar-refractivity contribution in [1.82, 2.24) is 0 Å². The number of anilines is 2. The molecule has 58 heavy (non-hydrogen) atoms. The van der Waals surface area contributed by atoms with Gasteiger partial charge >= 0.3 is 0 Å². The highest BCUT2D eigenvalue weighted by atomic mass is 16.3. The molecule has 2 amide bonds. The van der Waals surface area contributed by atoms with Gasteiger partial charge in [0.2, 0.25) is 0 Å². The summed E-state index contributed by atoms with van der Waals surface area (Å²) in [5.74, 6) is -1.93. The van der Waals surface area contributed by atoms with E-state index in [0.29, 0.717) is 33.4 Å².